The van der Waals surface area contributed by atoms with E-state index in [2.05, 4.69) is 33.4 Å². The van der Waals surface area contributed by atoms with Gasteiger partial charge in [-0.15, -0.1) is 24.0 Å². The van der Waals surface area contributed by atoms with Crippen molar-refractivity contribution in [2.75, 3.05) is 33.2 Å². The molecule has 28 heavy (non-hydrogen) atoms. The van der Waals surface area contributed by atoms with E-state index in [9.17, 15) is 4.79 Å². The SMILES string of the molecule is CN=C(NCc1ccc2c(c1)CCC2)N1CCN(C(=O)c2ccco2)CC1.I. The average molecular weight is 494 g/mol. The minimum atomic E-state index is -0.0410. The van der Waals surface area contributed by atoms with Gasteiger partial charge in [0.2, 0.25) is 0 Å². The summed E-state index contributed by atoms with van der Waals surface area (Å²) in [6.07, 6.45) is 5.22. The molecule has 2 heterocycles. The van der Waals surface area contributed by atoms with Crippen molar-refractivity contribution in [3.8, 4) is 0 Å². The van der Waals surface area contributed by atoms with Crippen LogP contribution in [-0.4, -0.2) is 54.9 Å². The van der Waals surface area contributed by atoms with Gasteiger partial charge >= 0.3 is 0 Å². The highest BCUT2D eigenvalue weighted by atomic mass is 127. The fraction of sp³-hybridized carbons (Fsp3) is 0.429. The lowest BCUT2D eigenvalue weighted by Crippen LogP contribution is -2.53. The molecule has 0 unspecified atom stereocenters. The lowest BCUT2D eigenvalue weighted by molar-refractivity contribution is 0.0657. The number of fused-ring (bicyclic) bond motifs is 1. The summed E-state index contributed by atoms with van der Waals surface area (Å²) >= 11 is 0. The molecule has 0 atom stereocenters. The quantitative estimate of drug-likeness (QED) is 0.405. The molecule has 1 saturated heterocycles. The Kier molecular flexibility index (Phi) is 6.98. The number of hydrogen-bond donors (Lipinski definition) is 1. The maximum Gasteiger partial charge on any atom is 0.289 e. The minimum Gasteiger partial charge on any atom is -0.459 e. The molecule has 1 aliphatic heterocycles. The third-order valence-electron chi connectivity index (χ3n) is 5.42. The van der Waals surface area contributed by atoms with Gasteiger partial charge in [0.25, 0.3) is 5.91 Å². The standard InChI is InChI=1S/C21H26N4O2.HI/c1-22-21(23-15-16-7-8-17-4-2-5-18(17)14-16)25-11-9-24(10-12-25)20(26)19-6-3-13-27-19;/h3,6-8,13-14H,2,4-5,9-12,15H2,1H3,(H,22,23);1H. The summed E-state index contributed by atoms with van der Waals surface area (Å²) in [5.41, 5.74) is 4.29. The van der Waals surface area contributed by atoms with Crippen LogP contribution in [0.3, 0.4) is 0 Å². The van der Waals surface area contributed by atoms with Gasteiger partial charge in [0, 0.05) is 39.8 Å². The minimum absolute atomic E-state index is 0. The predicted octanol–water partition coefficient (Wildman–Crippen LogP) is 2.92. The van der Waals surface area contributed by atoms with Crippen LogP contribution in [0.1, 0.15) is 33.7 Å². The first-order valence-electron chi connectivity index (χ1n) is 9.63. The molecule has 1 aliphatic carbocycles. The molecule has 2 aromatic rings. The first-order chi connectivity index (χ1) is 13.2. The first-order valence-corrected chi connectivity index (χ1v) is 9.63. The summed E-state index contributed by atoms with van der Waals surface area (Å²) in [5, 5.41) is 3.47. The van der Waals surface area contributed by atoms with Crippen LogP contribution in [0, 0.1) is 0 Å². The van der Waals surface area contributed by atoms with Gasteiger partial charge in [-0.05, 0) is 48.1 Å². The van der Waals surface area contributed by atoms with Gasteiger partial charge in [0.05, 0.1) is 6.26 Å². The molecule has 7 heteroatoms. The number of piperazine rings is 1. The second-order valence-corrected chi connectivity index (χ2v) is 7.11. The van der Waals surface area contributed by atoms with E-state index in [1.165, 1.54) is 42.2 Å². The molecular weight excluding hydrogens is 467 g/mol. The number of amides is 1. The van der Waals surface area contributed by atoms with Crippen LogP contribution in [0.2, 0.25) is 0 Å². The highest BCUT2D eigenvalue weighted by molar-refractivity contribution is 14.0. The van der Waals surface area contributed by atoms with Gasteiger partial charge in [0.1, 0.15) is 0 Å². The fourth-order valence-electron chi connectivity index (χ4n) is 3.93. The highest BCUT2D eigenvalue weighted by Gasteiger charge is 2.25. The number of halogens is 1. The summed E-state index contributed by atoms with van der Waals surface area (Å²) < 4.78 is 5.22. The molecule has 150 valence electrons. The zero-order chi connectivity index (χ0) is 18.6. The highest BCUT2D eigenvalue weighted by Crippen LogP contribution is 2.22. The van der Waals surface area contributed by atoms with E-state index in [1.54, 1.807) is 12.1 Å². The second-order valence-electron chi connectivity index (χ2n) is 7.11. The average Bonchev–Trinajstić information content (AvgIpc) is 3.40. The van der Waals surface area contributed by atoms with Crippen molar-refractivity contribution in [3.63, 3.8) is 0 Å². The summed E-state index contributed by atoms with van der Waals surface area (Å²) in [7, 11) is 1.81. The molecule has 4 rings (SSSR count). The maximum atomic E-state index is 12.4. The number of nitrogens with one attached hydrogen (secondary N) is 1. The van der Waals surface area contributed by atoms with Gasteiger partial charge in [-0.25, -0.2) is 0 Å². The molecule has 1 amide bonds. The molecule has 2 aliphatic rings. The molecule has 0 bridgehead atoms. The molecule has 1 fully saturated rings. The molecular formula is C21H27IN4O2. The molecule has 1 N–H and O–H groups in total. The Bertz CT molecular complexity index is 827. The number of aliphatic imine (C=N–C) groups is 1. The second kappa shape index (κ2) is 9.45. The predicted molar refractivity (Wildman–Crippen MR) is 120 cm³/mol. The number of rotatable bonds is 3. The van der Waals surface area contributed by atoms with Crippen LogP contribution in [0.5, 0.6) is 0 Å². The normalized spacial score (nSPS) is 16.5. The molecule has 6 nitrogen and oxygen atoms in total. The number of furan rings is 1. The van der Waals surface area contributed by atoms with E-state index in [0.717, 1.165) is 25.6 Å². The van der Waals surface area contributed by atoms with Crippen molar-refractivity contribution in [2.24, 2.45) is 4.99 Å². The van der Waals surface area contributed by atoms with Crippen LogP contribution in [0.15, 0.2) is 46.0 Å². The van der Waals surface area contributed by atoms with Gasteiger partial charge < -0.3 is 19.5 Å². The third kappa shape index (κ3) is 4.51. The van der Waals surface area contributed by atoms with E-state index in [0.29, 0.717) is 18.8 Å². The summed E-state index contributed by atoms with van der Waals surface area (Å²) in [6.45, 7) is 3.62. The van der Waals surface area contributed by atoms with E-state index in [1.807, 2.05) is 11.9 Å². The Morgan fingerprint density at radius 3 is 2.57 bits per heavy atom. The number of carbonyl (C=O) groups is 1. The summed E-state index contributed by atoms with van der Waals surface area (Å²) in [6, 6.07) is 10.3. The summed E-state index contributed by atoms with van der Waals surface area (Å²) in [5.74, 6) is 1.25. The number of nitrogens with zero attached hydrogens (tertiary/aromatic N) is 3. The number of guanidine groups is 1. The smallest absolute Gasteiger partial charge is 0.289 e. The number of hydrogen-bond acceptors (Lipinski definition) is 3. The van der Waals surface area contributed by atoms with E-state index < -0.39 is 0 Å². The van der Waals surface area contributed by atoms with Crippen LogP contribution in [0.25, 0.3) is 0 Å². The Morgan fingerprint density at radius 1 is 1.11 bits per heavy atom. The van der Waals surface area contributed by atoms with Crippen molar-refractivity contribution in [1.82, 2.24) is 15.1 Å². The Balaban J connectivity index is 0.00000225. The topological polar surface area (TPSA) is 61.1 Å². The van der Waals surface area contributed by atoms with Gasteiger partial charge in [-0.1, -0.05) is 18.2 Å². The van der Waals surface area contributed by atoms with Gasteiger partial charge in [-0.3, -0.25) is 9.79 Å². The summed E-state index contributed by atoms with van der Waals surface area (Å²) in [4.78, 5) is 20.9. The Hall–Kier alpha value is -2.03. The first kappa shape index (κ1) is 20.7. The number of aryl methyl sites for hydroxylation is 2. The number of benzene rings is 1. The van der Waals surface area contributed by atoms with Crippen molar-refractivity contribution in [2.45, 2.75) is 25.8 Å². The van der Waals surface area contributed by atoms with E-state index in [-0.39, 0.29) is 29.9 Å². The van der Waals surface area contributed by atoms with Gasteiger partial charge in [-0.2, -0.15) is 0 Å². The molecule has 1 aromatic heterocycles. The Labute approximate surface area is 183 Å². The zero-order valence-corrected chi connectivity index (χ0v) is 18.5. The van der Waals surface area contributed by atoms with Crippen molar-refractivity contribution < 1.29 is 9.21 Å². The molecule has 0 saturated carbocycles. The van der Waals surface area contributed by atoms with Crippen molar-refractivity contribution >= 4 is 35.8 Å². The maximum absolute atomic E-state index is 12.4. The lowest BCUT2D eigenvalue weighted by Gasteiger charge is -2.36. The van der Waals surface area contributed by atoms with Crippen LogP contribution < -0.4 is 5.32 Å². The van der Waals surface area contributed by atoms with Gasteiger partial charge in [0.15, 0.2) is 11.7 Å². The van der Waals surface area contributed by atoms with Crippen LogP contribution >= 0.6 is 24.0 Å². The van der Waals surface area contributed by atoms with Crippen molar-refractivity contribution in [1.29, 1.82) is 0 Å². The van der Waals surface area contributed by atoms with E-state index in [4.69, 9.17) is 4.42 Å². The molecule has 0 spiro atoms. The number of carbonyl (C=O) groups excluding carboxylic acids is 1. The lowest BCUT2D eigenvalue weighted by atomic mass is 10.1. The largest absolute Gasteiger partial charge is 0.459 e. The van der Waals surface area contributed by atoms with Crippen LogP contribution in [0.4, 0.5) is 0 Å². The Morgan fingerprint density at radius 2 is 1.86 bits per heavy atom. The monoisotopic (exact) mass is 494 g/mol. The molecule has 0 radical (unpaired) electrons. The van der Waals surface area contributed by atoms with Crippen molar-refractivity contribution in [3.05, 3.63) is 59.0 Å². The zero-order valence-electron chi connectivity index (χ0n) is 16.2. The molecule has 1 aromatic carbocycles. The third-order valence-corrected chi connectivity index (χ3v) is 5.42. The van der Waals surface area contributed by atoms with Crippen LogP contribution in [-0.2, 0) is 19.4 Å². The van der Waals surface area contributed by atoms with E-state index >= 15 is 0 Å². The fourth-order valence-corrected chi connectivity index (χ4v) is 3.93.